The van der Waals surface area contributed by atoms with E-state index < -0.39 is 6.61 Å². The Labute approximate surface area is 120 Å². The molecule has 2 aromatic rings. The number of alkyl halides is 2. The van der Waals surface area contributed by atoms with Gasteiger partial charge in [0.2, 0.25) is 0 Å². The quantitative estimate of drug-likeness (QED) is 0.878. The number of rotatable bonds is 6. The Kier molecular flexibility index (Phi) is 5.03. The van der Waals surface area contributed by atoms with Gasteiger partial charge in [0.05, 0.1) is 6.04 Å². The predicted molar refractivity (Wildman–Crippen MR) is 75.2 cm³/mol. The first kappa shape index (κ1) is 14.9. The first-order valence-electron chi connectivity index (χ1n) is 6.24. The third kappa shape index (κ3) is 4.25. The maximum atomic E-state index is 12.0. The van der Waals surface area contributed by atoms with Crippen LogP contribution in [0.2, 0.25) is 0 Å². The second-order valence-corrected chi connectivity index (χ2v) is 5.34. The molecule has 6 heteroatoms. The monoisotopic (exact) mass is 298 g/mol. The van der Waals surface area contributed by atoms with Gasteiger partial charge in [0.1, 0.15) is 10.8 Å². The van der Waals surface area contributed by atoms with Crippen molar-refractivity contribution in [3.63, 3.8) is 0 Å². The lowest BCUT2D eigenvalue weighted by Crippen LogP contribution is -2.17. The smallest absolute Gasteiger partial charge is 0.387 e. The van der Waals surface area contributed by atoms with Gasteiger partial charge < -0.3 is 10.1 Å². The van der Waals surface area contributed by atoms with E-state index >= 15 is 0 Å². The topological polar surface area (TPSA) is 34.1 Å². The third-order valence-electron chi connectivity index (χ3n) is 2.77. The van der Waals surface area contributed by atoms with E-state index in [2.05, 4.69) is 15.0 Å². The molecule has 2 rings (SSSR count). The van der Waals surface area contributed by atoms with Crippen molar-refractivity contribution in [3.8, 4) is 5.75 Å². The minimum Gasteiger partial charge on any atom is -0.435 e. The van der Waals surface area contributed by atoms with Gasteiger partial charge in [0, 0.05) is 17.6 Å². The fraction of sp³-hybridized carbons (Fsp3) is 0.357. The fourth-order valence-corrected chi connectivity index (χ4v) is 2.55. The van der Waals surface area contributed by atoms with E-state index in [0.29, 0.717) is 6.54 Å². The Hall–Kier alpha value is -1.53. The number of hydrogen-bond acceptors (Lipinski definition) is 4. The lowest BCUT2D eigenvalue weighted by atomic mass is 10.2. The minimum absolute atomic E-state index is 0.158. The van der Waals surface area contributed by atoms with Crippen LogP contribution >= 0.6 is 11.3 Å². The minimum atomic E-state index is -2.79. The number of benzene rings is 1. The molecule has 1 aromatic heterocycles. The van der Waals surface area contributed by atoms with Crippen LogP contribution in [0.5, 0.6) is 5.75 Å². The molecule has 1 N–H and O–H groups in total. The average Bonchev–Trinajstić information content (AvgIpc) is 2.84. The largest absolute Gasteiger partial charge is 0.435 e. The lowest BCUT2D eigenvalue weighted by Gasteiger charge is -2.11. The Balaban J connectivity index is 1.87. The summed E-state index contributed by atoms with van der Waals surface area (Å²) in [4.78, 5) is 4.42. The molecule has 0 fully saturated rings. The SMILES string of the molecule is Cc1csc(C(C)NCc2ccc(OC(F)F)cc2)n1. The average molecular weight is 298 g/mol. The van der Waals surface area contributed by atoms with Crippen molar-refractivity contribution in [1.82, 2.24) is 10.3 Å². The van der Waals surface area contributed by atoms with Crippen LogP contribution in [0, 0.1) is 6.92 Å². The summed E-state index contributed by atoms with van der Waals surface area (Å²) in [5, 5.41) is 6.41. The molecule has 0 saturated carbocycles. The molecule has 1 atom stereocenters. The van der Waals surface area contributed by atoms with Crippen molar-refractivity contribution in [2.75, 3.05) is 0 Å². The molecule has 0 bridgehead atoms. The van der Waals surface area contributed by atoms with Crippen molar-refractivity contribution in [2.24, 2.45) is 0 Å². The zero-order chi connectivity index (χ0) is 14.5. The van der Waals surface area contributed by atoms with Crippen molar-refractivity contribution < 1.29 is 13.5 Å². The second kappa shape index (κ2) is 6.76. The Morgan fingerprint density at radius 2 is 2.00 bits per heavy atom. The normalized spacial score (nSPS) is 12.7. The van der Waals surface area contributed by atoms with Gasteiger partial charge in [-0.25, -0.2) is 4.98 Å². The Morgan fingerprint density at radius 3 is 2.55 bits per heavy atom. The molecule has 0 saturated heterocycles. The summed E-state index contributed by atoms with van der Waals surface area (Å²) in [5.41, 5.74) is 2.03. The molecular weight excluding hydrogens is 282 g/mol. The van der Waals surface area contributed by atoms with Crippen LogP contribution in [0.15, 0.2) is 29.6 Å². The summed E-state index contributed by atoms with van der Waals surface area (Å²) in [6, 6.07) is 6.78. The highest BCUT2D eigenvalue weighted by Crippen LogP contribution is 2.19. The summed E-state index contributed by atoms with van der Waals surface area (Å²) >= 11 is 1.63. The van der Waals surface area contributed by atoms with E-state index in [-0.39, 0.29) is 11.8 Å². The summed E-state index contributed by atoms with van der Waals surface area (Å²) in [7, 11) is 0. The number of ether oxygens (including phenoxy) is 1. The van der Waals surface area contributed by atoms with E-state index in [1.165, 1.54) is 0 Å². The molecule has 0 aliphatic heterocycles. The summed E-state index contributed by atoms with van der Waals surface area (Å²) in [6.45, 7) is 1.88. The first-order chi connectivity index (χ1) is 9.54. The van der Waals surface area contributed by atoms with E-state index in [1.807, 2.05) is 19.2 Å². The van der Waals surface area contributed by atoms with Gasteiger partial charge >= 0.3 is 6.61 Å². The molecule has 0 amide bonds. The van der Waals surface area contributed by atoms with Crippen LogP contribution < -0.4 is 10.1 Å². The van der Waals surface area contributed by atoms with Crippen molar-refractivity contribution >= 4 is 11.3 Å². The highest BCUT2D eigenvalue weighted by atomic mass is 32.1. The van der Waals surface area contributed by atoms with E-state index in [1.54, 1.807) is 35.6 Å². The summed E-state index contributed by atoms with van der Waals surface area (Å²) in [5.74, 6) is 0.173. The van der Waals surface area contributed by atoms with Crippen LogP contribution in [-0.4, -0.2) is 11.6 Å². The van der Waals surface area contributed by atoms with Crippen LogP contribution in [0.3, 0.4) is 0 Å². The number of nitrogens with one attached hydrogen (secondary N) is 1. The lowest BCUT2D eigenvalue weighted by molar-refractivity contribution is -0.0498. The van der Waals surface area contributed by atoms with E-state index in [4.69, 9.17) is 0 Å². The van der Waals surface area contributed by atoms with Crippen LogP contribution in [0.1, 0.15) is 29.2 Å². The maximum Gasteiger partial charge on any atom is 0.387 e. The van der Waals surface area contributed by atoms with Crippen LogP contribution in [0.4, 0.5) is 8.78 Å². The molecule has 0 aliphatic rings. The number of hydrogen-bond donors (Lipinski definition) is 1. The van der Waals surface area contributed by atoms with Gasteiger partial charge in [0.15, 0.2) is 0 Å². The zero-order valence-corrected chi connectivity index (χ0v) is 12.1. The molecule has 108 valence electrons. The second-order valence-electron chi connectivity index (χ2n) is 4.45. The van der Waals surface area contributed by atoms with Gasteiger partial charge in [-0.2, -0.15) is 8.78 Å². The van der Waals surface area contributed by atoms with E-state index in [9.17, 15) is 8.78 Å². The summed E-state index contributed by atoms with van der Waals surface area (Å²) < 4.78 is 28.4. The Morgan fingerprint density at radius 1 is 1.30 bits per heavy atom. The predicted octanol–water partition coefficient (Wildman–Crippen LogP) is 3.90. The third-order valence-corrected chi connectivity index (χ3v) is 3.91. The molecule has 20 heavy (non-hydrogen) atoms. The van der Waals surface area contributed by atoms with Crippen LogP contribution in [-0.2, 0) is 6.54 Å². The van der Waals surface area contributed by atoms with Gasteiger partial charge in [0.25, 0.3) is 0 Å². The van der Waals surface area contributed by atoms with Gasteiger partial charge in [-0.15, -0.1) is 11.3 Å². The number of nitrogens with zero attached hydrogens (tertiary/aromatic N) is 1. The van der Waals surface area contributed by atoms with Gasteiger partial charge in [-0.05, 0) is 31.5 Å². The molecular formula is C14H16F2N2OS. The zero-order valence-electron chi connectivity index (χ0n) is 11.3. The molecule has 1 aromatic carbocycles. The van der Waals surface area contributed by atoms with Crippen molar-refractivity contribution in [3.05, 3.63) is 45.9 Å². The standard InChI is InChI=1S/C14H16F2N2OS/c1-9-8-20-13(18-9)10(2)17-7-11-3-5-12(6-4-11)19-14(15)16/h3-6,8,10,14,17H,7H2,1-2H3. The highest BCUT2D eigenvalue weighted by molar-refractivity contribution is 7.09. The molecule has 0 radical (unpaired) electrons. The van der Waals surface area contributed by atoms with Crippen molar-refractivity contribution in [1.29, 1.82) is 0 Å². The van der Waals surface area contributed by atoms with Crippen LogP contribution in [0.25, 0.3) is 0 Å². The molecule has 1 heterocycles. The van der Waals surface area contributed by atoms with Crippen molar-refractivity contribution in [2.45, 2.75) is 33.0 Å². The van der Waals surface area contributed by atoms with Gasteiger partial charge in [-0.3, -0.25) is 0 Å². The molecule has 1 unspecified atom stereocenters. The fourth-order valence-electron chi connectivity index (χ4n) is 1.72. The highest BCUT2D eigenvalue weighted by Gasteiger charge is 2.09. The maximum absolute atomic E-state index is 12.0. The molecule has 0 spiro atoms. The number of aromatic nitrogens is 1. The molecule has 3 nitrogen and oxygen atoms in total. The summed E-state index contributed by atoms with van der Waals surface area (Å²) in [6.07, 6.45) is 0. The van der Waals surface area contributed by atoms with E-state index in [0.717, 1.165) is 16.3 Å². The Bertz CT molecular complexity index is 542. The number of halogens is 2. The number of aryl methyl sites for hydroxylation is 1. The first-order valence-corrected chi connectivity index (χ1v) is 7.11. The molecule has 0 aliphatic carbocycles. The van der Waals surface area contributed by atoms with Gasteiger partial charge in [-0.1, -0.05) is 12.1 Å². The number of thiazole rings is 1.